The number of hydrogen-bond acceptors (Lipinski definition) is 7. The molecule has 0 bridgehead atoms. The highest BCUT2D eigenvalue weighted by Gasteiger charge is 2.25. The molecule has 0 aromatic carbocycles. The maximum absolute atomic E-state index is 5.86. The van der Waals surface area contributed by atoms with Gasteiger partial charge in [0.2, 0.25) is 5.95 Å². The van der Waals surface area contributed by atoms with E-state index in [1.54, 1.807) is 6.20 Å². The number of aryl methyl sites for hydroxylation is 1. The van der Waals surface area contributed by atoms with Crippen molar-refractivity contribution in [3.8, 4) is 0 Å². The molecule has 2 aromatic heterocycles. The summed E-state index contributed by atoms with van der Waals surface area (Å²) in [5, 5.41) is 6.34. The minimum atomic E-state index is 0.134. The number of furan rings is 1. The third-order valence-corrected chi connectivity index (χ3v) is 3.94. The second kappa shape index (κ2) is 7.43. The average Bonchev–Trinajstić information content (AvgIpc) is 3.02. The summed E-state index contributed by atoms with van der Waals surface area (Å²) in [6.45, 7) is 5.93. The molecule has 2 N–H and O–H groups in total. The topological polar surface area (TPSA) is 75.5 Å². The predicted octanol–water partition coefficient (Wildman–Crippen LogP) is 1.91. The van der Waals surface area contributed by atoms with E-state index < -0.39 is 0 Å². The standard InChI is InChI=1S/C16H23N5O2/c1-12-3-4-14(23-12)13(21-7-9-22-10-8-21)11-19-16-18-6-5-15(17-2)20-16/h3-6,13H,7-11H2,1-2H3,(H2,17,18,19,20)/t13-/m1/s1. The summed E-state index contributed by atoms with van der Waals surface area (Å²) in [5.74, 6) is 3.28. The molecule has 23 heavy (non-hydrogen) atoms. The van der Waals surface area contributed by atoms with Crippen molar-refractivity contribution in [1.82, 2.24) is 14.9 Å². The fourth-order valence-electron chi connectivity index (χ4n) is 2.70. The van der Waals surface area contributed by atoms with Crippen molar-refractivity contribution in [2.75, 3.05) is 50.5 Å². The van der Waals surface area contributed by atoms with Gasteiger partial charge in [-0.15, -0.1) is 0 Å². The van der Waals surface area contributed by atoms with Gasteiger partial charge in [-0.1, -0.05) is 0 Å². The zero-order chi connectivity index (χ0) is 16.1. The number of hydrogen-bond donors (Lipinski definition) is 2. The molecule has 1 atom stereocenters. The van der Waals surface area contributed by atoms with Gasteiger partial charge in [0.1, 0.15) is 17.3 Å². The molecule has 1 aliphatic rings. The molecule has 2 aromatic rings. The first-order valence-corrected chi connectivity index (χ1v) is 7.89. The number of anilines is 2. The molecule has 0 unspecified atom stereocenters. The molecule has 3 rings (SSSR count). The summed E-state index contributed by atoms with van der Waals surface area (Å²) in [6.07, 6.45) is 1.74. The smallest absolute Gasteiger partial charge is 0.224 e. The van der Waals surface area contributed by atoms with Gasteiger partial charge in [-0.25, -0.2) is 4.98 Å². The van der Waals surface area contributed by atoms with E-state index in [4.69, 9.17) is 9.15 Å². The second-order valence-corrected chi connectivity index (χ2v) is 5.51. The Balaban J connectivity index is 1.72. The number of morpholine rings is 1. The number of aromatic nitrogens is 2. The molecule has 124 valence electrons. The average molecular weight is 317 g/mol. The van der Waals surface area contributed by atoms with Crippen LogP contribution in [0.2, 0.25) is 0 Å². The molecule has 0 spiro atoms. The Morgan fingerprint density at radius 2 is 2.09 bits per heavy atom. The van der Waals surface area contributed by atoms with Crippen molar-refractivity contribution in [3.05, 3.63) is 35.9 Å². The van der Waals surface area contributed by atoms with Crippen molar-refractivity contribution in [1.29, 1.82) is 0 Å². The SMILES string of the molecule is CNc1ccnc(NC[C@H](c2ccc(C)o2)N2CCOCC2)n1. The Bertz CT molecular complexity index is 624. The molecule has 1 aliphatic heterocycles. The summed E-state index contributed by atoms with van der Waals surface area (Å²) in [5.41, 5.74) is 0. The van der Waals surface area contributed by atoms with Crippen LogP contribution >= 0.6 is 0 Å². The van der Waals surface area contributed by atoms with Crippen LogP contribution in [0.4, 0.5) is 11.8 Å². The number of rotatable bonds is 6. The molecular formula is C16H23N5O2. The van der Waals surface area contributed by atoms with Crippen molar-refractivity contribution < 1.29 is 9.15 Å². The first-order chi connectivity index (χ1) is 11.3. The van der Waals surface area contributed by atoms with E-state index in [0.29, 0.717) is 12.5 Å². The van der Waals surface area contributed by atoms with E-state index in [1.165, 1.54) is 0 Å². The highest BCUT2D eigenvalue weighted by molar-refractivity contribution is 5.39. The maximum atomic E-state index is 5.86. The highest BCUT2D eigenvalue weighted by Crippen LogP contribution is 2.24. The molecule has 0 saturated carbocycles. The quantitative estimate of drug-likeness (QED) is 0.843. The normalized spacial score (nSPS) is 17.0. The van der Waals surface area contributed by atoms with E-state index in [9.17, 15) is 0 Å². The summed E-state index contributed by atoms with van der Waals surface area (Å²) < 4.78 is 11.3. The third kappa shape index (κ3) is 4.00. The molecule has 3 heterocycles. The fourth-order valence-corrected chi connectivity index (χ4v) is 2.70. The molecule has 0 radical (unpaired) electrons. The van der Waals surface area contributed by atoms with Crippen LogP contribution in [0.25, 0.3) is 0 Å². The van der Waals surface area contributed by atoms with Gasteiger partial charge in [0.05, 0.1) is 19.3 Å². The second-order valence-electron chi connectivity index (χ2n) is 5.51. The van der Waals surface area contributed by atoms with Gasteiger partial charge in [-0.2, -0.15) is 4.98 Å². The molecule has 0 aliphatic carbocycles. The Kier molecular flexibility index (Phi) is 5.09. The van der Waals surface area contributed by atoms with E-state index in [0.717, 1.165) is 43.6 Å². The van der Waals surface area contributed by atoms with Gasteiger partial charge < -0.3 is 19.8 Å². The molecule has 0 amide bonds. The van der Waals surface area contributed by atoms with E-state index in [2.05, 4.69) is 25.5 Å². The van der Waals surface area contributed by atoms with Crippen LogP contribution in [0.3, 0.4) is 0 Å². The summed E-state index contributed by atoms with van der Waals surface area (Å²) in [4.78, 5) is 11.0. The lowest BCUT2D eigenvalue weighted by molar-refractivity contribution is 0.0143. The predicted molar refractivity (Wildman–Crippen MR) is 88.6 cm³/mol. The molecular weight excluding hydrogens is 294 g/mol. The molecule has 1 saturated heterocycles. The minimum absolute atomic E-state index is 0.134. The van der Waals surface area contributed by atoms with Crippen LogP contribution in [-0.4, -0.2) is 54.8 Å². The number of nitrogens with one attached hydrogen (secondary N) is 2. The highest BCUT2D eigenvalue weighted by atomic mass is 16.5. The summed E-state index contributed by atoms with van der Waals surface area (Å²) in [6, 6.07) is 6.01. The van der Waals surface area contributed by atoms with Crippen molar-refractivity contribution in [2.45, 2.75) is 13.0 Å². The molecule has 7 nitrogen and oxygen atoms in total. The van der Waals surface area contributed by atoms with Crippen molar-refractivity contribution in [2.24, 2.45) is 0 Å². The lowest BCUT2D eigenvalue weighted by atomic mass is 10.1. The minimum Gasteiger partial charge on any atom is -0.465 e. The van der Waals surface area contributed by atoms with Crippen molar-refractivity contribution >= 4 is 11.8 Å². The third-order valence-electron chi connectivity index (χ3n) is 3.94. The molecule has 1 fully saturated rings. The number of ether oxygens (including phenoxy) is 1. The monoisotopic (exact) mass is 317 g/mol. The zero-order valence-electron chi connectivity index (χ0n) is 13.6. The Morgan fingerprint density at radius 1 is 1.26 bits per heavy atom. The number of nitrogens with zero attached hydrogens (tertiary/aromatic N) is 3. The van der Waals surface area contributed by atoms with Crippen LogP contribution in [0.1, 0.15) is 17.6 Å². The van der Waals surface area contributed by atoms with Gasteiger partial charge >= 0.3 is 0 Å². The zero-order valence-corrected chi connectivity index (χ0v) is 13.6. The fraction of sp³-hybridized carbons (Fsp3) is 0.500. The van der Waals surface area contributed by atoms with Crippen LogP contribution in [0, 0.1) is 6.92 Å². The van der Waals surface area contributed by atoms with Gasteiger partial charge in [0.25, 0.3) is 0 Å². The van der Waals surface area contributed by atoms with Gasteiger partial charge in [-0.05, 0) is 25.1 Å². The van der Waals surface area contributed by atoms with Crippen LogP contribution in [0.5, 0.6) is 0 Å². The van der Waals surface area contributed by atoms with Gasteiger partial charge in [0.15, 0.2) is 0 Å². The Hall–Kier alpha value is -2.12. The lowest BCUT2D eigenvalue weighted by Crippen LogP contribution is -2.41. The molecule has 7 heteroatoms. The first-order valence-electron chi connectivity index (χ1n) is 7.89. The van der Waals surface area contributed by atoms with Crippen molar-refractivity contribution in [3.63, 3.8) is 0 Å². The van der Waals surface area contributed by atoms with E-state index >= 15 is 0 Å². The lowest BCUT2D eigenvalue weighted by Gasteiger charge is -2.33. The Morgan fingerprint density at radius 3 is 2.78 bits per heavy atom. The Labute approximate surface area is 136 Å². The van der Waals surface area contributed by atoms with Gasteiger partial charge in [-0.3, -0.25) is 4.90 Å². The largest absolute Gasteiger partial charge is 0.465 e. The van der Waals surface area contributed by atoms with Crippen LogP contribution in [-0.2, 0) is 4.74 Å². The maximum Gasteiger partial charge on any atom is 0.224 e. The van der Waals surface area contributed by atoms with Crippen LogP contribution < -0.4 is 10.6 Å². The first kappa shape index (κ1) is 15.8. The summed E-state index contributed by atoms with van der Waals surface area (Å²) in [7, 11) is 1.84. The summed E-state index contributed by atoms with van der Waals surface area (Å²) >= 11 is 0. The van der Waals surface area contributed by atoms with Crippen LogP contribution in [0.15, 0.2) is 28.8 Å². The van der Waals surface area contributed by atoms with E-state index in [-0.39, 0.29) is 6.04 Å². The van der Waals surface area contributed by atoms with Gasteiger partial charge in [0, 0.05) is 32.9 Å². The van der Waals surface area contributed by atoms with E-state index in [1.807, 2.05) is 32.2 Å².